The molecular formula is C15H16N2O5. The van der Waals surface area contributed by atoms with Crippen molar-refractivity contribution in [2.24, 2.45) is 0 Å². The Hall–Kier alpha value is -2.70. The number of nitro benzene ring substituents is 1. The number of rotatable bonds is 4. The lowest BCUT2D eigenvalue weighted by Gasteiger charge is -2.26. The number of allylic oxidation sites excluding steroid dienone is 1. The van der Waals surface area contributed by atoms with Crippen LogP contribution < -0.4 is 5.32 Å². The number of amides is 1. The second-order valence-electron chi connectivity index (χ2n) is 4.88. The van der Waals surface area contributed by atoms with Crippen molar-refractivity contribution in [3.63, 3.8) is 0 Å². The lowest BCUT2D eigenvalue weighted by atomic mass is 9.83. The van der Waals surface area contributed by atoms with Crippen molar-refractivity contribution in [3.8, 4) is 0 Å². The fourth-order valence-electron chi connectivity index (χ4n) is 2.59. The number of carbonyl (C=O) groups excluding carboxylic acids is 2. The van der Waals surface area contributed by atoms with E-state index < -0.39 is 16.8 Å². The number of nitrogens with zero attached hydrogens (tertiary/aromatic N) is 1. The van der Waals surface area contributed by atoms with Crippen molar-refractivity contribution in [3.05, 3.63) is 51.2 Å². The molecule has 22 heavy (non-hydrogen) atoms. The van der Waals surface area contributed by atoms with Gasteiger partial charge >= 0.3 is 5.97 Å². The SMILES string of the molecule is CCOC(=O)C1=C(C)NC(=O)CC1c1ccccc1[N+](=O)[O-]. The number of benzene rings is 1. The third-order valence-electron chi connectivity index (χ3n) is 3.47. The van der Waals surface area contributed by atoms with Crippen molar-refractivity contribution >= 4 is 17.6 Å². The van der Waals surface area contributed by atoms with Crippen LogP contribution >= 0.6 is 0 Å². The Labute approximate surface area is 127 Å². The van der Waals surface area contributed by atoms with E-state index in [9.17, 15) is 19.7 Å². The Morgan fingerprint density at radius 3 is 2.77 bits per heavy atom. The topological polar surface area (TPSA) is 98.5 Å². The minimum Gasteiger partial charge on any atom is -0.463 e. The third kappa shape index (κ3) is 2.98. The minimum atomic E-state index is -0.686. The van der Waals surface area contributed by atoms with Gasteiger partial charge in [-0.2, -0.15) is 0 Å². The average molecular weight is 304 g/mol. The molecule has 0 saturated heterocycles. The maximum Gasteiger partial charge on any atom is 0.336 e. The van der Waals surface area contributed by atoms with Crippen LogP contribution in [0.3, 0.4) is 0 Å². The Balaban J connectivity index is 2.55. The monoisotopic (exact) mass is 304 g/mol. The zero-order chi connectivity index (χ0) is 16.3. The van der Waals surface area contributed by atoms with Gasteiger partial charge in [-0.15, -0.1) is 0 Å². The van der Waals surface area contributed by atoms with E-state index in [4.69, 9.17) is 4.74 Å². The van der Waals surface area contributed by atoms with Crippen LogP contribution in [-0.4, -0.2) is 23.4 Å². The van der Waals surface area contributed by atoms with Crippen molar-refractivity contribution < 1.29 is 19.2 Å². The lowest BCUT2D eigenvalue weighted by Crippen LogP contribution is -2.34. The number of ether oxygens (including phenoxy) is 1. The molecule has 1 aliphatic rings. The molecule has 1 aromatic carbocycles. The second kappa shape index (κ2) is 6.38. The predicted octanol–water partition coefficient (Wildman–Crippen LogP) is 2.04. The molecule has 1 atom stereocenters. The van der Waals surface area contributed by atoms with Gasteiger partial charge in [-0.3, -0.25) is 14.9 Å². The summed E-state index contributed by atoms with van der Waals surface area (Å²) in [5, 5.41) is 13.8. The normalized spacial score (nSPS) is 17.9. The lowest BCUT2D eigenvalue weighted by molar-refractivity contribution is -0.385. The first-order valence-corrected chi connectivity index (χ1v) is 6.86. The van der Waals surface area contributed by atoms with Gasteiger partial charge in [0.2, 0.25) is 5.91 Å². The molecule has 0 bridgehead atoms. The Bertz CT molecular complexity index is 666. The zero-order valence-corrected chi connectivity index (χ0v) is 12.3. The quantitative estimate of drug-likeness (QED) is 0.521. The summed E-state index contributed by atoms with van der Waals surface area (Å²) in [7, 11) is 0. The number of carbonyl (C=O) groups is 2. The summed E-state index contributed by atoms with van der Waals surface area (Å²) in [6, 6.07) is 6.12. The van der Waals surface area contributed by atoms with E-state index in [0.29, 0.717) is 11.3 Å². The maximum absolute atomic E-state index is 12.2. The first kappa shape index (κ1) is 15.7. The minimum absolute atomic E-state index is 0.0314. The standard InChI is InChI=1S/C15H16N2O5/c1-3-22-15(19)14-9(2)16-13(18)8-11(14)10-6-4-5-7-12(10)17(20)21/h4-7,11H,3,8H2,1-2H3,(H,16,18). The van der Waals surface area contributed by atoms with Crippen LogP contribution in [0.4, 0.5) is 5.69 Å². The van der Waals surface area contributed by atoms with E-state index >= 15 is 0 Å². The molecule has 1 unspecified atom stereocenters. The summed E-state index contributed by atoms with van der Waals surface area (Å²) in [6.45, 7) is 3.45. The predicted molar refractivity (Wildman–Crippen MR) is 77.9 cm³/mol. The molecule has 0 aromatic heterocycles. The molecule has 1 amide bonds. The van der Waals surface area contributed by atoms with E-state index in [1.165, 1.54) is 6.07 Å². The van der Waals surface area contributed by atoms with Crippen molar-refractivity contribution in [2.45, 2.75) is 26.2 Å². The largest absolute Gasteiger partial charge is 0.463 e. The van der Waals surface area contributed by atoms with Crippen LogP contribution in [0.1, 0.15) is 31.7 Å². The summed E-state index contributed by atoms with van der Waals surface area (Å²) >= 11 is 0. The molecule has 1 N–H and O–H groups in total. The van der Waals surface area contributed by atoms with E-state index in [1.807, 2.05) is 0 Å². The molecule has 7 heteroatoms. The molecule has 1 heterocycles. The van der Waals surface area contributed by atoms with Gasteiger partial charge in [-0.25, -0.2) is 4.79 Å². The van der Waals surface area contributed by atoms with Gasteiger partial charge in [0.1, 0.15) is 0 Å². The molecule has 2 rings (SSSR count). The molecule has 7 nitrogen and oxygen atoms in total. The van der Waals surface area contributed by atoms with Gasteiger partial charge in [-0.1, -0.05) is 18.2 Å². The van der Waals surface area contributed by atoms with Crippen molar-refractivity contribution in [1.29, 1.82) is 0 Å². The third-order valence-corrected chi connectivity index (χ3v) is 3.47. The fourth-order valence-corrected chi connectivity index (χ4v) is 2.59. The van der Waals surface area contributed by atoms with Gasteiger partial charge in [0.25, 0.3) is 5.69 Å². The molecule has 0 fully saturated rings. The van der Waals surface area contributed by atoms with E-state index in [-0.39, 0.29) is 30.2 Å². The summed E-state index contributed by atoms with van der Waals surface area (Å²) in [5.74, 6) is -1.54. The number of nitro groups is 1. The smallest absolute Gasteiger partial charge is 0.336 e. The van der Waals surface area contributed by atoms with E-state index in [1.54, 1.807) is 32.0 Å². The highest BCUT2D eigenvalue weighted by Crippen LogP contribution is 2.37. The molecule has 0 radical (unpaired) electrons. The summed E-state index contributed by atoms with van der Waals surface area (Å²) in [6.07, 6.45) is -0.0314. The van der Waals surface area contributed by atoms with Crippen LogP contribution in [0.25, 0.3) is 0 Å². The molecule has 1 aromatic rings. The zero-order valence-electron chi connectivity index (χ0n) is 12.3. The average Bonchev–Trinajstić information content (AvgIpc) is 2.46. The van der Waals surface area contributed by atoms with Crippen LogP contribution in [0.2, 0.25) is 0 Å². The summed E-state index contributed by atoms with van der Waals surface area (Å²) in [5.41, 5.74) is 0.857. The van der Waals surface area contributed by atoms with Gasteiger partial charge in [0.15, 0.2) is 0 Å². The highest BCUT2D eigenvalue weighted by molar-refractivity contribution is 5.96. The molecule has 0 saturated carbocycles. The number of nitrogens with one attached hydrogen (secondary N) is 1. The highest BCUT2D eigenvalue weighted by Gasteiger charge is 2.35. The maximum atomic E-state index is 12.2. The molecular weight excluding hydrogens is 288 g/mol. The summed E-state index contributed by atoms with van der Waals surface area (Å²) in [4.78, 5) is 34.7. The Morgan fingerprint density at radius 1 is 1.45 bits per heavy atom. The highest BCUT2D eigenvalue weighted by atomic mass is 16.6. The van der Waals surface area contributed by atoms with E-state index in [0.717, 1.165) is 0 Å². The molecule has 1 aliphatic heterocycles. The molecule has 0 aliphatic carbocycles. The Kier molecular flexibility index (Phi) is 4.55. The summed E-state index contributed by atoms with van der Waals surface area (Å²) < 4.78 is 5.02. The number of para-hydroxylation sites is 1. The van der Waals surface area contributed by atoms with Gasteiger partial charge < -0.3 is 10.1 Å². The van der Waals surface area contributed by atoms with Crippen LogP contribution in [0.5, 0.6) is 0 Å². The van der Waals surface area contributed by atoms with Gasteiger partial charge in [0.05, 0.1) is 17.1 Å². The molecule has 116 valence electrons. The van der Waals surface area contributed by atoms with Crippen LogP contribution in [0.15, 0.2) is 35.5 Å². The van der Waals surface area contributed by atoms with Crippen LogP contribution in [0, 0.1) is 10.1 Å². The second-order valence-corrected chi connectivity index (χ2v) is 4.88. The van der Waals surface area contributed by atoms with Gasteiger partial charge in [0, 0.05) is 29.7 Å². The fraction of sp³-hybridized carbons (Fsp3) is 0.333. The Morgan fingerprint density at radius 2 is 2.14 bits per heavy atom. The number of esters is 1. The van der Waals surface area contributed by atoms with Crippen molar-refractivity contribution in [2.75, 3.05) is 6.61 Å². The van der Waals surface area contributed by atoms with E-state index in [2.05, 4.69) is 5.32 Å². The first-order chi connectivity index (χ1) is 10.5. The number of hydrogen-bond acceptors (Lipinski definition) is 5. The number of hydrogen-bond donors (Lipinski definition) is 1. The van der Waals surface area contributed by atoms with Crippen LogP contribution in [-0.2, 0) is 14.3 Å². The molecule has 0 spiro atoms. The van der Waals surface area contributed by atoms with Gasteiger partial charge in [-0.05, 0) is 13.8 Å². The van der Waals surface area contributed by atoms with Crippen molar-refractivity contribution in [1.82, 2.24) is 5.32 Å². The first-order valence-electron chi connectivity index (χ1n) is 6.86.